The molecule has 1 aliphatic heterocycles. The summed E-state index contributed by atoms with van der Waals surface area (Å²) >= 11 is 1.29. The van der Waals surface area contributed by atoms with Gasteiger partial charge in [-0.1, -0.05) is 17.7 Å². The van der Waals surface area contributed by atoms with Crippen molar-refractivity contribution in [2.75, 3.05) is 40.1 Å². The van der Waals surface area contributed by atoms with Crippen LogP contribution in [0.2, 0.25) is 0 Å². The van der Waals surface area contributed by atoms with Crippen molar-refractivity contribution >= 4 is 51.4 Å². The van der Waals surface area contributed by atoms with Crippen LogP contribution in [0.4, 0.5) is 17.1 Å². The van der Waals surface area contributed by atoms with Crippen LogP contribution < -0.4 is 15.5 Å². The molecule has 0 spiro atoms. The number of nitrogens with zero attached hydrogens (tertiary/aromatic N) is 2. The molecule has 2 heterocycles. The predicted octanol–water partition coefficient (Wildman–Crippen LogP) is 4.84. The van der Waals surface area contributed by atoms with E-state index < -0.39 is 0 Å². The lowest BCUT2D eigenvalue weighted by atomic mass is 10.1. The number of carbonyl (C=O) groups excluding carboxylic acids is 2. The molecule has 2 amide bonds. The number of hydrogen-bond acceptors (Lipinski definition) is 5. The van der Waals surface area contributed by atoms with Crippen LogP contribution in [0.25, 0.3) is 10.8 Å². The van der Waals surface area contributed by atoms with Gasteiger partial charge in [0.15, 0.2) is 0 Å². The Morgan fingerprint density at radius 2 is 1.62 bits per heavy atom. The van der Waals surface area contributed by atoms with Gasteiger partial charge in [-0.25, -0.2) is 0 Å². The smallest absolute Gasteiger partial charge is 0.234 e. The molecule has 0 unspecified atom stereocenters. The fourth-order valence-electron chi connectivity index (χ4n) is 3.95. The van der Waals surface area contributed by atoms with Crippen molar-refractivity contribution in [3.8, 4) is 0 Å². The Morgan fingerprint density at radius 1 is 0.906 bits per heavy atom. The monoisotopic (exact) mass is 448 g/mol. The van der Waals surface area contributed by atoms with Gasteiger partial charge in [0, 0.05) is 47.6 Å². The van der Waals surface area contributed by atoms with Gasteiger partial charge in [-0.3, -0.25) is 14.6 Å². The summed E-state index contributed by atoms with van der Waals surface area (Å²) in [5.74, 6) is 0.176. The van der Waals surface area contributed by atoms with E-state index in [4.69, 9.17) is 0 Å². The summed E-state index contributed by atoms with van der Waals surface area (Å²) in [6.07, 6.45) is 7.30. The standard InChI is InChI=1S/C25H28N4O2S/c1-18-5-7-19(8-6-18)27-24(30)16-32-17-25(31)28-22-9-10-23(29-13-3-2-4-14-29)20-11-12-26-15-21(20)22/h5-12,15H,2-4,13-14,16-17H2,1H3,(H,27,30)(H,28,31). The van der Waals surface area contributed by atoms with E-state index in [1.54, 1.807) is 12.4 Å². The zero-order chi connectivity index (χ0) is 22.3. The van der Waals surface area contributed by atoms with E-state index in [2.05, 4.69) is 26.6 Å². The Morgan fingerprint density at radius 3 is 2.38 bits per heavy atom. The van der Waals surface area contributed by atoms with E-state index in [1.165, 1.54) is 36.7 Å². The van der Waals surface area contributed by atoms with Gasteiger partial charge in [-0.05, 0) is 56.5 Å². The van der Waals surface area contributed by atoms with Crippen molar-refractivity contribution in [2.24, 2.45) is 0 Å². The third-order valence-electron chi connectivity index (χ3n) is 5.57. The zero-order valence-corrected chi connectivity index (χ0v) is 19.1. The highest BCUT2D eigenvalue weighted by atomic mass is 32.2. The van der Waals surface area contributed by atoms with Crippen molar-refractivity contribution in [2.45, 2.75) is 26.2 Å². The van der Waals surface area contributed by atoms with Crippen molar-refractivity contribution in [1.82, 2.24) is 4.98 Å². The third-order valence-corrected chi connectivity index (χ3v) is 6.50. The van der Waals surface area contributed by atoms with Crippen LogP contribution in [0.3, 0.4) is 0 Å². The van der Waals surface area contributed by atoms with Gasteiger partial charge in [0.25, 0.3) is 0 Å². The summed E-state index contributed by atoms with van der Waals surface area (Å²) in [6.45, 7) is 4.12. The first-order valence-electron chi connectivity index (χ1n) is 11.0. The van der Waals surface area contributed by atoms with E-state index in [0.717, 1.165) is 40.8 Å². The fourth-order valence-corrected chi connectivity index (χ4v) is 4.57. The van der Waals surface area contributed by atoms with E-state index in [1.807, 2.05) is 43.3 Å². The first-order valence-corrected chi connectivity index (χ1v) is 12.1. The number of thioether (sulfide) groups is 1. The molecule has 0 radical (unpaired) electrons. The number of aromatic nitrogens is 1. The van der Waals surface area contributed by atoms with Crippen molar-refractivity contribution in [1.29, 1.82) is 0 Å². The van der Waals surface area contributed by atoms with Gasteiger partial charge >= 0.3 is 0 Å². The van der Waals surface area contributed by atoms with Gasteiger partial charge in [-0.2, -0.15) is 0 Å². The second-order valence-electron chi connectivity index (χ2n) is 8.06. The lowest BCUT2D eigenvalue weighted by Gasteiger charge is -2.30. The largest absolute Gasteiger partial charge is 0.371 e. The van der Waals surface area contributed by atoms with Gasteiger partial charge in [0.2, 0.25) is 11.8 Å². The number of hydrogen-bond donors (Lipinski definition) is 2. The molecule has 0 atom stereocenters. The van der Waals surface area contributed by atoms with E-state index >= 15 is 0 Å². The number of piperidine rings is 1. The average molecular weight is 449 g/mol. The number of nitrogens with one attached hydrogen (secondary N) is 2. The number of benzene rings is 2. The fraction of sp³-hybridized carbons (Fsp3) is 0.320. The topological polar surface area (TPSA) is 74.3 Å². The molecule has 32 heavy (non-hydrogen) atoms. The summed E-state index contributed by atoms with van der Waals surface area (Å²) in [6, 6.07) is 13.7. The maximum absolute atomic E-state index is 12.5. The minimum absolute atomic E-state index is 0.118. The average Bonchev–Trinajstić information content (AvgIpc) is 2.81. The van der Waals surface area contributed by atoms with Gasteiger partial charge in [-0.15, -0.1) is 11.8 Å². The molecule has 2 N–H and O–H groups in total. The Balaban J connectivity index is 1.34. The summed E-state index contributed by atoms with van der Waals surface area (Å²) < 4.78 is 0. The minimum Gasteiger partial charge on any atom is -0.371 e. The Bertz CT molecular complexity index is 1090. The molecule has 6 nitrogen and oxygen atoms in total. The van der Waals surface area contributed by atoms with Crippen molar-refractivity contribution in [3.05, 3.63) is 60.4 Å². The lowest BCUT2D eigenvalue weighted by molar-refractivity contribution is -0.114. The molecule has 166 valence electrons. The van der Waals surface area contributed by atoms with E-state index in [9.17, 15) is 9.59 Å². The van der Waals surface area contributed by atoms with E-state index in [0.29, 0.717) is 0 Å². The SMILES string of the molecule is Cc1ccc(NC(=O)CSCC(=O)Nc2ccc(N3CCCCC3)c3ccncc23)cc1. The number of anilines is 3. The molecule has 3 aromatic rings. The first-order chi connectivity index (χ1) is 15.6. The first kappa shape index (κ1) is 22.1. The lowest BCUT2D eigenvalue weighted by Crippen LogP contribution is -2.29. The normalized spacial score (nSPS) is 13.7. The van der Waals surface area contributed by atoms with Gasteiger partial charge in [0.1, 0.15) is 0 Å². The van der Waals surface area contributed by atoms with Crippen LogP contribution in [0.5, 0.6) is 0 Å². The van der Waals surface area contributed by atoms with Gasteiger partial charge in [0.05, 0.1) is 17.2 Å². The molecule has 0 saturated carbocycles. The van der Waals surface area contributed by atoms with Crippen LogP contribution in [0.15, 0.2) is 54.9 Å². The van der Waals surface area contributed by atoms with Crippen LogP contribution in [-0.2, 0) is 9.59 Å². The highest BCUT2D eigenvalue weighted by molar-refractivity contribution is 8.00. The van der Waals surface area contributed by atoms with E-state index in [-0.39, 0.29) is 23.3 Å². The zero-order valence-electron chi connectivity index (χ0n) is 18.3. The van der Waals surface area contributed by atoms with Crippen LogP contribution in [0, 0.1) is 6.92 Å². The van der Waals surface area contributed by atoms with Crippen molar-refractivity contribution in [3.63, 3.8) is 0 Å². The number of fused-ring (bicyclic) bond motifs is 1. The van der Waals surface area contributed by atoms with Crippen LogP contribution >= 0.6 is 11.8 Å². The number of pyridine rings is 1. The van der Waals surface area contributed by atoms with Crippen LogP contribution in [0.1, 0.15) is 24.8 Å². The number of carbonyl (C=O) groups is 2. The molecule has 0 bridgehead atoms. The summed E-state index contributed by atoms with van der Waals surface area (Å²) in [4.78, 5) is 31.3. The molecule has 7 heteroatoms. The highest BCUT2D eigenvalue weighted by Crippen LogP contribution is 2.33. The Kier molecular flexibility index (Phi) is 7.27. The molecule has 0 aliphatic carbocycles. The molecule has 4 rings (SSSR count). The number of rotatable bonds is 7. The number of amides is 2. The maximum atomic E-state index is 12.5. The second kappa shape index (κ2) is 10.5. The molecule has 1 aromatic heterocycles. The molecule has 2 aromatic carbocycles. The second-order valence-corrected chi connectivity index (χ2v) is 9.04. The minimum atomic E-state index is -0.131. The van der Waals surface area contributed by atoms with Crippen LogP contribution in [-0.4, -0.2) is 41.4 Å². The molecular weight excluding hydrogens is 420 g/mol. The Labute approximate surface area is 192 Å². The van der Waals surface area contributed by atoms with Crippen molar-refractivity contribution < 1.29 is 9.59 Å². The quantitative estimate of drug-likeness (QED) is 0.541. The number of aryl methyl sites for hydroxylation is 1. The summed E-state index contributed by atoms with van der Waals surface area (Å²) in [5.41, 5.74) is 3.85. The maximum Gasteiger partial charge on any atom is 0.234 e. The molecule has 1 aliphatic rings. The molecular formula is C25H28N4O2S. The summed E-state index contributed by atoms with van der Waals surface area (Å²) in [5, 5.41) is 7.88. The molecule has 1 fully saturated rings. The molecule has 1 saturated heterocycles. The van der Waals surface area contributed by atoms with Gasteiger partial charge < -0.3 is 15.5 Å². The highest BCUT2D eigenvalue weighted by Gasteiger charge is 2.16. The predicted molar refractivity (Wildman–Crippen MR) is 134 cm³/mol. The Hall–Kier alpha value is -3.06. The third kappa shape index (κ3) is 5.59. The summed E-state index contributed by atoms with van der Waals surface area (Å²) in [7, 11) is 0.